The molecular formula is C8H9BN2. The van der Waals surface area contributed by atoms with Crippen LogP contribution in [0, 0.1) is 5.41 Å². The van der Waals surface area contributed by atoms with E-state index in [1.165, 1.54) is 0 Å². The fourth-order valence-electron chi connectivity index (χ4n) is 1.02. The average Bonchev–Trinajstić information content (AvgIpc) is 1.85. The second kappa shape index (κ2) is 2.78. The Balaban J connectivity index is 3.32. The van der Waals surface area contributed by atoms with Crippen LogP contribution < -0.4 is 11.2 Å². The van der Waals surface area contributed by atoms with Crippen LogP contribution in [0.25, 0.3) is 0 Å². The Morgan fingerprint density at radius 2 is 2.18 bits per heavy atom. The Hall–Kier alpha value is -1.25. The van der Waals surface area contributed by atoms with Crippen LogP contribution in [0.4, 0.5) is 5.69 Å². The van der Waals surface area contributed by atoms with E-state index in [0.29, 0.717) is 22.4 Å². The van der Waals surface area contributed by atoms with E-state index in [1.807, 2.05) is 0 Å². The average molecular weight is 144 g/mol. The largest absolute Gasteiger partial charge is 0.398 e. The lowest BCUT2D eigenvalue weighted by Gasteiger charge is -2.06. The molecule has 54 valence electrons. The smallest absolute Gasteiger partial charge is 0.114 e. The molecule has 1 aromatic carbocycles. The molecule has 0 bridgehead atoms. The minimum atomic E-state index is 0.403. The van der Waals surface area contributed by atoms with Gasteiger partial charge in [-0.3, -0.25) is 0 Å². The summed E-state index contributed by atoms with van der Waals surface area (Å²) in [4.78, 5) is 0. The van der Waals surface area contributed by atoms with Crippen molar-refractivity contribution in [3.05, 3.63) is 23.8 Å². The fraction of sp³-hybridized carbons (Fsp3) is 0.125. The molecule has 2 radical (unpaired) electrons. The van der Waals surface area contributed by atoms with E-state index in [-0.39, 0.29) is 0 Å². The van der Waals surface area contributed by atoms with Gasteiger partial charge in [-0.1, -0.05) is 17.6 Å². The lowest BCUT2D eigenvalue weighted by atomic mass is 9.88. The third kappa shape index (κ3) is 1.42. The van der Waals surface area contributed by atoms with Crippen LogP contribution in [-0.4, -0.2) is 13.6 Å². The highest BCUT2D eigenvalue weighted by atomic mass is 14.6. The first kappa shape index (κ1) is 7.86. The maximum absolute atomic E-state index is 7.36. The molecule has 3 heteroatoms. The van der Waals surface area contributed by atoms with Gasteiger partial charge >= 0.3 is 0 Å². The number of benzene rings is 1. The van der Waals surface area contributed by atoms with E-state index in [0.717, 1.165) is 0 Å². The molecule has 0 heterocycles. The van der Waals surface area contributed by atoms with Gasteiger partial charge in [-0.25, -0.2) is 0 Å². The number of hydrogen-bond donors (Lipinski definition) is 2. The van der Waals surface area contributed by atoms with Gasteiger partial charge < -0.3 is 11.1 Å². The molecule has 0 aliphatic rings. The van der Waals surface area contributed by atoms with Crippen LogP contribution in [0.15, 0.2) is 18.2 Å². The maximum Gasteiger partial charge on any atom is 0.114 e. The summed E-state index contributed by atoms with van der Waals surface area (Å²) in [6.07, 6.45) is 0. The highest BCUT2D eigenvalue weighted by Gasteiger charge is 2.02. The molecule has 2 nitrogen and oxygen atoms in total. The summed E-state index contributed by atoms with van der Waals surface area (Å²) in [5.74, 6) is 0. The summed E-state index contributed by atoms with van der Waals surface area (Å²) in [6.45, 7) is 1.67. The summed E-state index contributed by atoms with van der Waals surface area (Å²) in [6, 6.07) is 5.25. The molecule has 1 aromatic rings. The first-order valence-electron chi connectivity index (χ1n) is 3.32. The van der Waals surface area contributed by atoms with E-state index < -0.39 is 0 Å². The Labute approximate surface area is 67.3 Å². The van der Waals surface area contributed by atoms with Crippen LogP contribution in [-0.2, 0) is 0 Å². The molecule has 0 spiro atoms. The number of rotatable bonds is 1. The van der Waals surface area contributed by atoms with Crippen LogP contribution in [0.2, 0.25) is 0 Å². The lowest BCUT2D eigenvalue weighted by molar-refractivity contribution is 1.47. The second-order valence-corrected chi connectivity index (χ2v) is 2.44. The van der Waals surface area contributed by atoms with E-state index in [9.17, 15) is 0 Å². The Morgan fingerprint density at radius 1 is 1.55 bits per heavy atom. The molecule has 0 unspecified atom stereocenters. The van der Waals surface area contributed by atoms with E-state index in [1.54, 1.807) is 25.1 Å². The third-order valence-electron chi connectivity index (χ3n) is 1.50. The molecular weight excluding hydrogens is 135 g/mol. The summed E-state index contributed by atoms with van der Waals surface area (Å²) >= 11 is 0. The number of nitrogen functional groups attached to an aromatic ring is 1. The van der Waals surface area contributed by atoms with Crippen LogP contribution in [0.3, 0.4) is 0 Å². The summed E-state index contributed by atoms with van der Waals surface area (Å²) in [7, 11) is 5.60. The predicted molar refractivity (Wildman–Crippen MR) is 48.7 cm³/mol. The zero-order valence-corrected chi connectivity index (χ0v) is 6.39. The van der Waals surface area contributed by atoms with Crippen LogP contribution in [0.5, 0.6) is 0 Å². The molecule has 0 saturated heterocycles. The molecule has 0 fully saturated rings. The van der Waals surface area contributed by atoms with Gasteiger partial charge in [0.2, 0.25) is 0 Å². The SMILES string of the molecule is [B]c1cccc(N)c1C(C)=N. The van der Waals surface area contributed by atoms with Gasteiger partial charge in [-0.2, -0.15) is 0 Å². The second-order valence-electron chi connectivity index (χ2n) is 2.44. The highest BCUT2D eigenvalue weighted by Crippen LogP contribution is 2.07. The van der Waals surface area contributed by atoms with Gasteiger partial charge in [-0.15, -0.1) is 0 Å². The van der Waals surface area contributed by atoms with Gasteiger partial charge in [0, 0.05) is 17.0 Å². The summed E-state index contributed by atoms with van der Waals surface area (Å²) in [5, 5.41) is 7.36. The highest BCUT2D eigenvalue weighted by molar-refractivity contribution is 6.37. The topological polar surface area (TPSA) is 49.9 Å². The van der Waals surface area contributed by atoms with Crippen molar-refractivity contribution in [2.75, 3.05) is 5.73 Å². The minimum absolute atomic E-state index is 0.403. The summed E-state index contributed by atoms with van der Waals surface area (Å²) < 4.78 is 0. The monoisotopic (exact) mass is 144 g/mol. The number of nitrogens with two attached hydrogens (primary N) is 1. The Morgan fingerprint density at radius 3 is 2.55 bits per heavy atom. The van der Waals surface area contributed by atoms with Crippen molar-refractivity contribution in [3.8, 4) is 0 Å². The summed E-state index contributed by atoms with van der Waals surface area (Å²) in [5.41, 5.74) is 7.78. The fourth-order valence-corrected chi connectivity index (χ4v) is 1.02. The van der Waals surface area contributed by atoms with Crippen molar-refractivity contribution in [1.29, 1.82) is 5.41 Å². The normalized spacial score (nSPS) is 9.55. The molecule has 11 heavy (non-hydrogen) atoms. The van der Waals surface area contributed by atoms with Gasteiger partial charge in [0.15, 0.2) is 0 Å². The van der Waals surface area contributed by atoms with Crippen LogP contribution in [0.1, 0.15) is 12.5 Å². The van der Waals surface area contributed by atoms with E-state index in [2.05, 4.69) is 0 Å². The van der Waals surface area contributed by atoms with Crippen molar-refractivity contribution in [3.63, 3.8) is 0 Å². The molecule has 0 aliphatic heterocycles. The molecule has 0 aliphatic carbocycles. The van der Waals surface area contributed by atoms with Crippen molar-refractivity contribution in [2.24, 2.45) is 0 Å². The predicted octanol–water partition coefficient (Wildman–Crippen LogP) is 0.450. The zero-order valence-electron chi connectivity index (χ0n) is 6.39. The first-order valence-corrected chi connectivity index (χ1v) is 3.32. The maximum atomic E-state index is 7.36. The van der Waals surface area contributed by atoms with Gasteiger partial charge in [0.05, 0.1) is 0 Å². The third-order valence-corrected chi connectivity index (χ3v) is 1.50. The molecule has 0 aromatic heterocycles. The van der Waals surface area contributed by atoms with Crippen molar-refractivity contribution < 1.29 is 0 Å². The van der Waals surface area contributed by atoms with Gasteiger partial charge in [0.25, 0.3) is 0 Å². The molecule has 1 rings (SSSR count). The zero-order chi connectivity index (χ0) is 8.43. The van der Waals surface area contributed by atoms with Gasteiger partial charge in [-0.05, 0) is 13.0 Å². The minimum Gasteiger partial charge on any atom is -0.398 e. The Kier molecular flexibility index (Phi) is 1.99. The van der Waals surface area contributed by atoms with Crippen molar-refractivity contribution >= 4 is 24.7 Å². The van der Waals surface area contributed by atoms with Gasteiger partial charge in [0.1, 0.15) is 7.85 Å². The first-order chi connectivity index (χ1) is 5.13. The Bertz CT molecular complexity index is 274. The molecule has 0 amide bonds. The van der Waals surface area contributed by atoms with Crippen LogP contribution >= 0.6 is 0 Å². The van der Waals surface area contributed by atoms with Crippen molar-refractivity contribution in [1.82, 2.24) is 0 Å². The number of anilines is 1. The van der Waals surface area contributed by atoms with E-state index >= 15 is 0 Å². The lowest BCUT2D eigenvalue weighted by Crippen LogP contribution is -2.16. The molecule has 3 N–H and O–H groups in total. The number of hydrogen-bond acceptors (Lipinski definition) is 2. The quantitative estimate of drug-likeness (QED) is 0.335. The van der Waals surface area contributed by atoms with E-state index in [4.69, 9.17) is 19.0 Å². The van der Waals surface area contributed by atoms with Crippen molar-refractivity contribution in [2.45, 2.75) is 6.92 Å². The standard InChI is InChI=1S/C8H9BN2/c1-5(10)8-6(9)3-2-4-7(8)11/h2-4,10H,11H2,1H3. The molecule has 0 saturated carbocycles. The molecule has 0 atom stereocenters. The number of nitrogens with one attached hydrogen (secondary N) is 1.